The Bertz CT molecular complexity index is 1170. The Balaban J connectivity index is 1.25. The fourth-order valence-electron chi connectivity index (χ4n) is 4.51. The first-order chi connectivity index (χ1) is 17.4. The molecule has 0 bridgehead atoms. The van der Waals surface area contributed by atoms with Gasteiger partial charge in [0.05, 0.1) is 12.3 Å². The van der Waals surface area contributed by atoms with E-state index in [2.05, 4.69) is 29.0 Å². The molecule has 2 amide bonds. The second-order valence-electron chi connectivity index (χ2n) is 9.59. The minimum atomic E-state index is 0.0267. The van der Waals surface area contributed by atoms with Gasteiger partial charge in [-0.15, -0.1) is 0 Å². The number of hydrogen-bond acceptors (Lipinski definition) is 7. The van der Waals surface area contributed by atoms with Gasteiger partial charge in [-0.25, -0.2) is 9.78 Å². The van der Waals surface area contributed by atoms with Crippen LogP contribution in [0, 0.1) is 19.8 Å². The third-order valence-electron chi connectivity index (χ3n) is 6.57. The van der Waals surface area contributed by atoms with Crippen molar-refractivity contribution in [3.05, 3.63) is 47.5 Å². The SMILES string of the molecule is CCCc1nc(-c2cc(C)c(OCCC(C)CCN3CCN(c4ccnc(N)c4)C3=O)c(C)c2)no1. The fourth-order valence-corrected chi connectivity index (χ4v) is 4.51. The number of aryl methyl sites for hydroxylation is 3. The van der Waals surface area contributed by atoms with Gasteiger partial charge >= 0.3 is 6.03 Å². The molecule has 2 N–H and O–H groups in total. The maximum Gasteiger partial charge on any atom is 0.324 e. The van der Waals surface area contributed by atoms with Crippen LogP contribution < -0.4 is 15.4 Å². The molecule has 1 aromatic carbocycles. The molecule has 4 rings (SSSR count). The first kappa shape index (κ1) is 25.5. The number of nitrogens with zero attached hydrogens (tertiary/aromatic N) is 5. The fraction of sp³-hybridized carbons (Fsp3) is 0.481. The zero-order valence-corrected chi connectivity index (χ0v) is 21.7. The lowest BCUT2D eigenvalue weighted by Gasteiger charge is -2.21. The number of ether oxygens (including phenoxy) is 1. The van der Waals surface area contributed by atoms with Gasteiger partial charge in [-0.2, -0.15) is 4.98 Å². The number of benzene rings is 1. The molecule has 3 heterocycles. The molecule has 0 aliphatic carbocycles. The normalized spacial score (nSPS) is 14.5. The molecule has 1 saturated heterocycles. The Morgan fingerprint density at radius 1 is 1.17 bits per heavy atom. The highest BCUT2D eigenvalue weighted by molar-refractivity contribution is 5.94. The smallest absolute Gasteiger partial charge is 0.324 e. The number of urea groups is 1. The summed E-state index contributed by atoms with van der Waals surface area (Å²) in [6, 6.07) is 7.68. The first-order valence-corrected chi connectivity index (χ1v) is 12.7. The van der Waals surface area contributed by atoms with Crippen LogP contribution >= 0.6 is 0 Å². The molecule has 1 aliphatic rings. The third-order valence-corrected chi connectivity index (χ3v) is 6.57. The molecule has 1 aliphatic heterocycles. The van der Waals surface area contributed by atoms with Crippen LogP contribution in [0.25, 0.3) is 11.4 Å². The van der Waals surface area contributed by atoms with Gasteiger partial charge in [0.2, 0.25) is 11.7 Å². The number of rotatable bonds is 11. The van der Waals surface area contributed by atoms with E-state index in [1.165, 1.54) is 0 Å². The number of hydrogen-bond donors (Lipinski definition) is 1. The molecular formula is C27H36N6O3. The van der Waals surface area contributed by atoms with Gasteiger partial charge in [0.15, 0.2) is 0 Å². The van der Waals surface area contributed by atoms with Crippen molar-refractivity contribution in [3.63, 3.8) is 0 Å². The zero-order chi connectivity index (χ0) is 25.7. The number of pyridine rings is 1. The van der Waals surface area contributed by atoms with Gasteiger partial charge in [-0.1, -0.05) is 19.0 Å². The van der Waals surface area contributed by atoms with Gasteiger partial charge in [-0.3, -0.25) is 4.90 Å². The largest absolute Gasteiger partial charge is 0.493 e. The minimum absolute atomic E-state index is 0.0267. The number of carbonyl (C=O) groups excluding carboxylic acids is 1. The maximum atomic E-state index is 12.8. The molecular weight excluding hydrogens is 456 g/mol. The van der Waals surface area contributed by atoms with Crippen molar-refractivity contribution in [2.45, 2.75) is 53.4 Å². The van der Waals surface area contributed by atoms with Crippen molar-refractivity contribution in [3.8, 4) is 17.1 Å². The Labute approximate surface area is 212 Å². The van der Waals surface area contributed by atoms with Crippen molar-refractivity contribution in [2.24, 2.45) is 5.92 Å². The molecule has 192 valence electrons. The van der Waals surface area contributed by atoms with Gasteiger partial charge in [0.25, 0.3) is 0 Å². The van der Waals surface area contributed by atoms with Gasteiger partial charge in [-0.05, 0) is 68.4 Å². The van der Waals surface area contributed by atoms with E-state index in [0.29, 0.717) is 36.6 Å². The second kappa shape index (κ2) is 11.4. The highest BCUT2D eigenvalue weighted by atomic mass is 16.5. The molecule has 3 aromatic rings. The van der Waals surface area contributed by atoms with Gasteiger partial charge in [0.1, 0.15) is 11.6 Å². The quantitative estimate of drug-likeness (QED) is 0.400. The molecule has 0 spiro atoms. The Morgan fingerprint density at radius 2 is 1.94 bits per heavy atom. The Hall–Kier alpha value is -3.62. The zero-order valence-electron chi connectivity index (χ0n) is 21.7. The standard InChI is InChI=1S/C27H36N6O3/c1-5-6-24-30-26(31-36-24)21-15-19(3)25(20(4)16-21)35-14-9-18(2)8-11-32-12-13-33(27(32)34)22-7-10-29-23(28)17-22/h7,10,15-18H,5-6,8-9,11-14H2,1-4H3,(H2,28,29). The van der Waals surface area contributed by atoms with Crippen LogP contribution in [0.3, 0.4) is 0 Å². The summed E-state index contributed by atoms with van der Waals surface area (Å²) >= 11 is 0. The van der Waals surface area contributed by atoms with Crippen molar-refractivity contribution in [1.82, 2.24) is 20.0 Å². The summed E-state index contributed by atoms with van der Waals surface area (Å²) in [5.41, 5.74) is 9.62. The summed E-state index contributed by atoms with van der Waals surface area (Å²) < 4.78 is 11.5. The van der Waals surface area contributed by atoms with Gasteiger partial charge < -0.3 is 19.9 Å². The number of nitrogens with two attached hydrogens (primary N) is 1. The Morgan fingerprint density at radius 3 is 2.67 bits per heavy atom. The average molecular weight is 493 g/mol. The highest BCUT2D eigenvalue weighted by Crippen LogP contribution is 2.30. The van der Waals surface area contributed by atoms with E-state index in [1.807, 2.05) is 36.9 Å². The molecule has 0 saturated carbocycles. The number of amides is 2. The van der Waals surface area contributed by atoms with Gasteiger partial charge in [0, 0.05) is 43.9 Å². The molecule has 36 heavy (non-hydrogen) atoms. The summed E-state index contributed by atoms with van der Waals surface area (Å²) in [5, 5.41) is 4.12. The summed E-state index contributed by atoms with van der Waals surface area (Å²) in [7, 11) is 0. The van der Waals surface area contributed by atoms with Crippen LogP contribution in [0.2, 0.25) is 0 Å². The van der Waals surface area contributed by atoms with Crippen LogP contribution in [0.1, 0.15) is 50.1 Å². The molecule has 9 heteroatoms. The molecule has 1 fully saturated rings. The van der Waals surface area contributed by atoms with Crippen molar-refractivity contribution < 1.29 is 14.1 Å². The van der Waals surface area contributed by atoms with Crippen LogP contribution in [0.15, 0.2) is 35.0 Å². The van der Waals surface area contributed by atoms with E-state index in [9.17, 15) is 4.79 Å². The van der Waals surface area contributed by atoms with Crippen molar-refractivity contribution in [2.75, 3.05) is 36.9 Å². The Kier molecular flexibility index (Phi) is 8.07. The highest BCUT2D eigenvalue weighted by Gasteiger charge is 2.29. The topological polar surface area (TPSA) is 111 Å². The monoisotopic (exact) mass is 492 g/mol. The molecule has 9 nitrogen and oxygen atoms in total. The van der Waals surface area contributed by atoms with Crippen LogP contribution in [0.5, 0.6) is 5.75 Å². The molecule has 1 unspecified atom stereocenters. The van der Waals surface area contributed by atoms with Crippen LogP contribution in [-0.4, -0.2) is 52.3 Å². The first-order valence-electron chi connectivity index (χ1n) is 12.7. The van der Waals surface area contributed by atoms with E-state index in [-0.39, 0.29) is 6.03 Å². The van der Waals surface area contributed by atoms with E-state index in [1.54, 1.807) is 17.2 Å². The molecule has 0 radical (unpaired) electrons. The second-order valence-corrected chi connectivity index (χ2v) is 9.59. The van der Waals surface area contributed by atoms with E-state index < -0.39 is 0 Å². The summed E-state index contributed by atoms with van der Waals surface area (Å²) in [6.45, 7) is 11.1. The maximum absolute atomic E-state index is 12.8. The van der Waals surface area contributed by atoms with E-state index in [0.717, 1.165) is 66.9 Å². The summed E-state index contributed by atoms with van der Waals surface area (Å²) in [6.07, 6.45) is 5.23. The van der Waals surface area contributed by atoms with Crippen molar-refractivity contribution in [1.29, 1.82) is 0 Å². The van der Waals surface area contributed by atoms with Crippen LogP contribution in [0.4, 0.5) is 16.3 Å². The predicted molar refractivity (Wildman–Crippen MR) is 140 cm³/mol. The number of carbonyl (C=O) groups is 1. The number of aromatic nitrogens is 3. The van der Waals surface area contributed by atoms with Crippen molar-refractivity contribution >= 4 is 17.5 Å². The van der Waals surface area contributed by atoms with E-state index in [4.69, 9.17) is 15.0 Å². The summed E-state index contributed by atoms with van der Waals surface area (Å²) in [5.74, 6) is 3.04. The lowest BCUT2D eigenvalue weighted by Crippen LogP contribution is -2.33. The predicted octanol–water partition coefficient (Wildman–Crippen LogP) is 5.02. The molecule has 1 atom stereocenters. The number of nitrogen functional groups attached to an aromatic ring is 1. The lowest BCUT2D eigenvalue weighted by molar-refractivity contribution is 0.214. The number of anilines is 2. The third kappa shape index (κ3) is 5.95. The lowest BCUT2D eigenvalue weighted by atomic mass is 10.0. The average Bonchev–Trinajstić information content (AvgIpc) is 3.46. The van der Waals surface area contributed by atoms with Crippen LogP contribution in [-0.2, 0) is 6.42 Å². The minimum Gasteiger partial charge on any atom is -0.493 e. The van der Waals surface area contributed by atoms with E-state index >= 15 is 0 Å². The molecule has 2 aromatic heterocycles. The summed E-state index contributed by atoms with van der Waals surface area (Å²) in [4.78, 5) is 25.0.